The molecule has 0 amide bonds. The van der Waals surface area contributed by atoms with Crippen molar-refractivity contribution in [2.24, 2.45) is 5.92 Å². The molecule has 1 rings (SSSR count). The number of likely N-dealkylation sites (N-methyl/N-ethyl adjacent to an activating group) is 1. The van der Waals surface area contributed by atoms with Crippen LogP contribution < -0.4 is 5.32 Å². The van der Waals surface area contributed by atoms with Crippen LogP contribution in [0.1, 0.15) is 52.4 Å². The molecular weight excluding hydrogens is 214 g/mol. The fourth-order valence-electron chi connectivity index (χ4n) is 2.70. The number of aliphatic hydroxyl groups is 1. The molecule has 0 aliphatic heterocycles. The predicted molar refractivity (Wildman–Crippen MR) is 71.2 cm³/mol. The second-order valence-electron chi connectivity index (χ2n) is 5.16. The van der Waals surface area contributed by atoms with Crippen molar-refractivity contribution in [2.45, 2.75) is 64.5 Å². The summed E-state index contributed by atoms with van der Waals surface area (Å²) < 4.78 is 6.01. The molecule has 1 aliphatic carbocycles. The van der Waals surface area contributed by atoms with Crippen LogP contribution in [0.4, 0.5) is 0 Å². The van der Waals surface area contributed by atoms with Crippen molar-refractivity contribution in [1.82, 2.24) is 5.32 Å². The van der Waals surface area contributed by atoms with Gasteiger partial charge in [0.1, 0.15) is 0 Å². The van der Waals surface area contributed by atoms with Gasteiger partial charge in [-0.25, -0.2) is 0 Å². The minimum Gasteiger partial charge on any atom is -0.396 e. The number of nitrogens with one attached hydrogen (secondary N) is 1. The van der Waals surface area contributed by atoms with Crippen molar-refractivity contribution >= 4 is 0 Å². The van der Waals surface area contributed by atoms with E-state index >= 15 is 0 Å². The van der Waals surface area contributed by atoms with Crippen molar-refractivity contribution in [2.75, 3.05) is 19.8 Å². The van der Waals surface area contributed by atoms with Gasteiger partial charge in [0.2, 0.25) is 0 Å². The lowest BCUT2D eigenvalue weighted by Crippen LogP contribution is -2.36. The molecule has 0 spiro atoms. The fourth-order valence-corrected chi connectivity index (χ4v) is 2.70. The summed E-state index contributed by atoms with van der Waals surface area (Å²) in [5.74, 6) is 0.865. The number of hydrogen-bond donors (Lipinski definition) is 2. The van der Waals surface area contributed by atoms with E-state index in [1.165, 1.54) is 32.1 Å². The van der Waals surface area contributed by atoms with Crippen LogP contribution in [0.15, 0.2) is 0 Å². The Balaban J connectivity index is 2.22. The number of aliphatic hydroxyl groups excluding tert-OH is 1. The van der Waals surface area contributed by atoms with E-state index in [2.05, 4.69) is 19.2 Å². The lowest BCUT2D eigenvalue weighted by atomic mass is 9.85. The fraction of sp³-hybridized carbons (Fsp3) is 1.00. The molecule has 0 bridgehead atoms. The Kier molecular flexibility index (Phi) is 7.82. The highest BCUT2D eigenvalue weighted by molar-refractivity contribution is 4.74. The van der Waals surface area contributed by atoms with Crippen molar-refractivity contribution in [3.05, 3.63) is 0 Å². The first-order chi connectivity index (χ1) is 8.30. The molecule has 3 unspecified atom stereocenters. The average molecular weight is 243 g/mol. The number of hydrogen-bond acceptors (Lipinski definition) is 3. The summed E-state index contributed by atoms with van der Waals surface area (Å²) in [6.45, 7) is 6.30. The minimum atomic E-state index is 0.239. The molecule has 3 heteroatoms. The lowest BCUT2D eigenvalue weighted by Gasteiger charge is -2.30. The second kappa shape index (κ2) is 8.90. The lowest BCUT2D eigenvalue weighted by molar-refractivity contribution is -0.00104. The van der Waals surface area contributed by atoms with E-state index in [0.717, 1.165) is 25.5 Å². The molecule has 0 aromatic rings. The molecule has 17 heavy (non-hydrogen) atoms. The van der Waals surface area contributed by atoms with Gasteiger partial charge in [0.15, 0.2) is 0 Å². The third kappa shape index (κ3) is 5.84. The standard InChI is InChI=1S/C14H29NO2/c1-3-12-6-5-7-14(10-12)17-11-13(8-9-16)15-4-2/h12-16H,3-11H2,1-2H3. The molecule has 0 saturated heterocycles. The molecule has 0 aromatic carbocycles. The van der Waals surface area contributed by atoms with E-state index in [1.807, 2.05) is 0 Å². The van der Waals surface area contributed by atoms with Gasteiger partial charge in [-0.15, -0.1) is 0 Å². The van der Waals surface area contributed by atoms with Gasteiger partial charge in [-0.3, -0.25) is 0 Å². The third-order valence-corrected chi connectivity index (χ3v) is 3.82. The van der Waals surface area contributed by atoms with Crippen LogP contribution >= 0.6 is 0 Å². The third-order valence-electron chi connectivity index (χ3n) is 3.82. The van der Waals surface area contributed by atoms with Crippen LogP contribution in [0.2, 0.25) is 0 Å². The molecule has 1 saturated carbocycles. The minimum absolute atomic E-state index is 0.239. The highest BCUT2D eigenvalue weighted by Crippen LogP contribution is 2.28. The Bertz CT molecular complexity index is 181. The molecular formula is C14H29NO2. The van der Waals surface area contributed by atoms with Gasteiger partial charge >= 0.3 is 0 Å². The molecule has 1 fully saturated rings. The maximum Gasteiger partial charge on any atom is 0.0624 e. The first-order valence-electron chi connectivity index (χ1n) is 7.25. The molecule has 0 radical (unpaired) electrons. The van der Waals surface area contributed by atoms with Gasteiger partial charge in [-0.2, -0.15) is 0 Å². The SMILES string of the molecule is CCNC(CCO)COC1CCCC(CC)C1. The Morgan fingerprint density at radius 3 is 2.82 bits per heavy atom. The molecule has 0 aromatic heterocycles. The largest absolute Gasteiger partial charge is 0.396 e. The maximum atomic E-state index is 8.98. The van der Waals surface area contributed by atoms with Gasteiger partial charge in [-0.05, 0) is 31.7 Å². The zero-order chi connectivity index (χ0) is 12.5. The average Bonchev–Trinajstić information content (AvgIpc) is 2.37. The van der Waals surface area contributed by atoms with Gasteiger partial charge in [-0.1, -0.05) is 33.1 Å². The monoisotopic (exact) mass is 243 g/mol. The molecule has 102 valence electrons. The second-order valence-corrected chi connectivity index (χ2v) is 5.16. The summed E-state index contributed by atoms with van der Waals surface area (Å²) in [5.41, 5.74) is 0. The van der Waals surface area contributed by atoms with E-state index in [9.17, 15) is 0 Å². The van der Waals surface area contributed by atoms with Crippen LogP contribution in [0.3, 0.4) is 0 Å². The number of rotatable bonds is 8. The molecule has 3 nitrogen and oxygen atoms in total. The van der Waals surface area contributed by atoms with Crippen LogP contribution in [0, 0.1) is 5.92 Å². The predicted octanol–water partition coefficient (Wildman–Crippen LogP) is 2.33. The van der Waals surface area contributed by atoms with E-state index in [4.69, 9.17) is 9.84 Å². The Labute approximate surface area is 106 Å². The Hall–Kier alpha value is -0.120. The maximum absolute atomic E-state index is 8.98. The van der Waals surface area contributed by atoms with Gasteiger partial charge in [0.05, 0.1) is 12.7 Å². The van der Waals surface area contributed by atoms with Crippen molar-refractivity contribution in [3.63, 3.8) is 0 Å². The first kappa shape index (κ1) is 14.9. The highest BCUT2D eigenvalue weighted by atomic mass is 16.5. The summed E-state index contributed by atoms with van der Waals surface area (Å²) in [6, 6.07) is 0.312. The summed E-state index contributed by atoms with van der Waals surface area (Å²) in [7, 11) is 0. The quantitative estimate of drug-likeness (QED) is 0.687. The van der Waals surface area contributed by atoms with Gasteiger partial charge < -0.3 is 15.2 Å². The van der Waals surface area contributed by atoms with Crippen LogP contribution in [-0.2, 0) is 4.74 Å². The zero-order valence-corrected chi connectivity index (χ0v) is 11.5. The normalized spacial score (nSPS) is 27.0. The summed E-state index contributed by atoms with van der Waals surface area (Å²) in [5, 5.41) is 12.3. The number of ether oxygens (including phenoxy) is 1. The summed E-state index contributed by atoms with van der Waals surface area (Å²) in [4.78, 5) is 0. The molecule has 3 atom stereocenters. The van der Waals surface area contributed by atoms with Crippen molar-refractivity contribution in [3.8, 4) is 0 Å². The van der Waals surface area contributed by atoms with E-state index < -0.39 is 0 Å². The van der Waals surface area contributed by atoms with Crippen LogP contribution in [0.25, 0.3) is 0 Å². The van der Waals surface area contributed by atoms with E-state index in [0.29, 0.717) is 12.1 Å². The van der Waals surface area contributed by atoms with E-state index in [-0.39, 0.29) is 6.61 Å². The summed E-state index contributed by atoms with van der Waals surface area (Å²) >= 11 is 0. The van der Waals surface area contributed by atoms with Crippen LogP contribution in [-0.4, -0.2) is 37.0 Å². The van der Waals surface area contributed by atoms with Gasteiger partial charge in [0, 0.05) is 12.6 Å². The molecule has 0 heterocycles. The Morgan fingerprint density at radius 1 is 1.35 bits per heavy atom. The molecule has 1 aliphatic rings. The Morgan fingerprint density at radius 2 is 2.18 bits per heavy atom. The smallest absolute Gasteiger partial charge is 0.0624 e. The first-order valence-corrected chi connectivity index (χ1v) is 7.25. The van der Waals surface area contributed by atoms with Crippen LogP contribution in [0.5, 0.6) is 0 Å². The van der Waals surface area contributed by atoms with Gasteiger partial charge in [0.25, 0.3) is 0 Å². The topological polar surface area (TPSA) is 41.5 Å². The zero-order valence-electron chi connectivity index (χ0n) is 11.5. The molecule has 2 N–H and O–H groups in total. The van der Waals surface area contributed by atoms with Crippen molar-refractivity contribution < 1.29 is 9.84 Å². The highest BCUT2D eigenvalue weighted by Gasteiger charge is 2.22. The van der Waals surface area contributed by atoms with E-state index in [1.54, 1.807) is 0 Å². The summed E-state index contributed by atoms with van der Waals surface area (Å²) in [6.07, 6.45) is 7.67. The van der Waals surface area contributed by atoms with Crippen molar-refractivity contribution in [1.29, 1.82) is 0 Å².